The van der Waals surface area contributed by atoms with Gasteiger partial charge in [0.2, 0.25) is 11.1 Å². The summed E-state index contributed by atoms with van der Waals surface area (Å²) in [6, 6.07) is 9.54. The SMILES string of the molecule is C[C@H](Sc1n[nH]c(-c2cccs2)n1)C(=O)Nc1ccc([N+](=O)[O-])cc1. The average molecular weight is 375 g/mol. The Labute approximate surface area is 150 Å². The highest BCUT2D eigenvalue weighted by Crippen LogP contribution is 2.26. The normalized spacial score (nSPS) is 11.9. The van der Waals surface area contributed by atoms with E-state index in [1.54, 1.807) is 18.3 Å². The molecule has 2 heterocycles. The maximum Gasteiger partial charge on any atom is 0.269 e. The third kappa shape index (κ3) is 4.22. The van der Waals surface area contributed by atoms with E-state index in [1.165, 1.54) is 36.0 Å². The second-order valence-electron chi connectivity index (χ2n) is 5.00. The lowest BCUT2D eigenvalue weighted by Crippen LogP contribution is -2.22. The smallest absolute Gasteiger partial charge is 0.269 e. The number of hydrogen-bond donors (Lipinski definition) is 2. The van der Waals surface area contributed by atoms with E-state index >= 15 is 0 Å². The van der Waals surface area contributed by atoms with Crippen LogP contribution in [0.5, 0.6) is 0 Å². The summed E-state index contributed by atoms with van der Waals surface area (Å²) in [6.07, 6.45) is 0. The summed E-state index contributed by atoms with van der Waals surface area (Å²) in [4.78, 5) is 27.7. The highest BCUT2D eigenvalue weighted by atomic mass is 32.2. The number of anilines is 1. The molecule has 1 aromatic carbocycles. The molecule has 0 aliphatic carbocycles. The Morgan fingerprint density at radius 2 is 2.12 bits per heavy atom. The number of rotatable bonds is 6. The molecular weight excluding hydrogens is 362 g/mol. The minimum absolute atomic E-state index is 0.0257. The number of non-ortho nitro benzene ring substituents is 1. The summed E-state index contributed by atoms with van der Waals surface area (Å²) in [5, 5.41) is 22.3. The molecule has 0 saturated carbocycles. The zero-order chi connectivity index (χ0) is 17.8. The molecule has 3 rings (SSSR count). The Balaban J connectivity index is 1.60. The lowest BCUT2D eigenvalue weighted by Gasteiger charge is -2.09. The summed E-state index contributed by atoms with van der Waals surface area (Å²) in [5.74, 6) is 0.432. The molecule has 2 N–H and O–H groups in total. The van der Waals surface area contributed by atoms with Gasteiger partial charge in [-0.25, -0.2) is 4.98 Å². The van der Waals surface area contributed by atoms with Gasteiger partial charge < -0.3 is 5.32 Å². The van der Waals surface area contributed by atoms with Crippen LogP contribution in [-0.2, 0) is 4.79 Å². The van der Waals surface area contributed by atoms with E-state index in [0.29, 0.717) is 16.7 Å². The van der Waals surface area contributed by atoms with Gasteiger partial charge in [0.15, 0.2) is 5.82 Å². The monoisotopic (exact) mass is 375 g/mol. The first kappa shape index (κ1) is 17.1. The highest BCUT2D eigenvalue weighted by molar-refractivity contribution is 8.00. The lowest BCUT2D eigenvalue weighted by molar-refractivity contribution is -0.384. The Morgan fingerprint density at radius 1 is 1.36 bits per heavy atom. The maximum atomic E-state index is 12.2. The number of benzene rings is 1. The molecule has 10 heteroatoms. The minimum Gasteiger partial charge on any atom is -0.325 e. The first-order valence-electron chi connectivity index (χ1n) is 7.21. The van der Waals surface area contributed by atoms with E-state index < -0.39 is 10.2 Å². The van der Waals surface area contributed by atoms with Crippen LogP contribution in [0.2, 0.25) is 0 Å². The molecular formula is C15H13N5O3S2. The molecule has 2 aromatic heterocycles. The first-order chi connectivity index (χ1) is 12.0. The van der Waals surface area contributed by atoms with Crippen molar-refractivity contribution in [2.45, 2.75) is 17.3 Å². The second-order valence-corrected chi connectivity index (χ2v) is 7.25. The van der Waals surface area contributed by atoms with Crippen molar-refractivity contribution in [3.8, 4) is 10.7 Å². The molecule has 0 fully saturated rings. The summed E-state index contributed by atoms with van der Waals surface area (Å²) in [7, 11) is 0. The molecule has 0 radical (unpaired) electrons. The molecule has 3 aromatic rings. The number of aromatic amines is 1. The Morgan fingerprint density at radius 3 is 2.76 bits per heavy atom. The lowest BCUT2D eigenvalue weighted by atomic mass is 10.3. The van der Waals surface area contributed by atoms with Gasteiger partial charge in [-0.05, 0) is 30.5 Å². The summed E-state index contributed by atoms with van der Waals surface area (Å²) in [5.41, 5.74) is 0.472. The van der Waals surface area contributed by atoms with Gasteiger partial charge in [0.1, 0.15) is 0 Å². The number of amides is 1. The molecule has 25 heavy (non-hydrogen) atoms. The third-order valence-electron chi connectivity index (χ3n) is 3.22. The zero-order valence-electron chi connectivity index (χ0n) is 13.0. The Bertz CT molecular complexity index is 877. The number of nitrogens with zero attached hydrogens (tertiary/aromatic N) is 3. The van der Waals surface area contributed by atoms with Gasteiger partial charge in [0.05, 0.1) is 15.1 Å². The van der Waals surface area contributed by atoms with Crippen LogP contribution in [0.3, 0.4) is 0 Å². The fraction of sp³-hybridized carbons (Fsp3) is 0.133. The Hall–Kier alpha value is -2.72. The van der Waals surface area contributed by atoms with E-state index in [-0.39, 0.29) is 11.6 Å². The number of carbonyl (C=O) groups excluding carboxylic acids is 1. The van der Waals surface area contributed by atoms with Crippen LogP contribution in [0.1, 0.15) is 6.92 Å². The van der Waals surface area contributed by atoms with Crippen LogP contribution in [0, 0.1) is 10.1 Å². The Kier molecular flexibility index (Phi) is 5.10. The van der Waals surface area contributed by atoms with E-state index in [1.807, 2.05) is 17.5 Å². The summed E-state index contributed by atoms with van der Waals surface area (Å²) < 4.78 is 0. The minimum atomic E-state index is -0.488. The van der Waals surface area contributed by atoms with Gasteiger partial charge in [-0.15, -0.1) is 16.4 Å². The van der Waals surface area contributed by atoms with Crippen LogP contribution in [-0.4, -0.2) is 31.3 Å². The molecule has 1 atom stereocenters. The predicted octanol–water partition coefficient (Wildman–Crippen LogP) is 3.56. The number of hydrogen-bond acceptors (Lipinski definition) is 7. The second kappa shape index (κ2) is 7.45. The van der Waals surface area contributed by atoms with Crippen molar-refractivity contribution in [1.82, 2.24) is 15.2 Å². The van der Waals surface area contributed by atoms with Crippen LogP contribution in [0.25, 0.3) is 10.7 Å². The molecule has 8 nitrogen and oxygen atoms in total. The summed E-state index contributed by atoms with van der Waals surface area (Å²) in [6.45, 7) is 1.74. The van der Waals surface area contributed by atoms with Crippen molar-refractivity contribution in [2.75, 3.05) is 5.32 Å². The maximum absolute atomic E-state index is 12.2. The fourth-order valence-electron chi connectivity index (χ4n) is 1.94. The highest BCUT2D eigenvalue weighted by Gasteiger charge is 2.18. The van der Waals surface area contributed by atoms with Crippen LogP contribution in [0.15, 0.2) is 46.9 Å². The van der Waals surface area contributed by atoms with E-state index in [0.717, 1.165) is 4.88 Å². The van der Waals surface area contributed by atoms with Crippen LogP contribution in [0.4, 0.5) is 11.4 Å². The van der Waals surface area contributed by atoms with Crippen molar-refractivity contribution in [2.24, 2.45) is 0 Å². The third-order valence-corrected chi connectivity index (χ3v) is 5.05. The quantitative estimate of drug-likeness (QED) is 0.387. The number of H-pyrrole nitrogens is 1. The first-order valence-corrected chi connectivity index (χ1v) is 8.97. The molecule has 0 aliphatic rings. The molecule has 0 saturated heterocycles. The standard InChI is InChI=1S/C15H13N5O3S2/c1-9(14(21)16-10-4-6-11(7-5-10)20(22)23)25-15-17-13(18-19-15)12-3-2-8-24-12/h2-9H,1H3,(H,16,21)(H,17,18,19)/t9-/m0/s1. The van der Waals surface area contributed by atoms with Gasteiger partial charge in [-0.3, -0.25) is 20.0 Å². The fourth-order valence-corrected chi connectivity index (χ4v) is 3.33. The largest absolute Gasteiger partial charge is 0.325 e. The number of aromatic nitrogens is 3. The average Bonchev–Trinajstić information content (AvgIpc) is 3.26. The molecule has 0 aliphatic heterocycles. The topological polar surface area (TPSA) is 114 Å². The van der Waals surface area contributed by atoms with Gasteiger partial charge in [-0.2, -0.15) is 0 Å². The van der Waals surface area contributed by atoms with Crippen molar-refractivity contribution < 1.29 is 9.72 Å². The zero-order valence-corrected chi connectivity index (χ0v) is 14.6. The molecule has 0 bridgehead atoms. The summed E-state index contributed by atoms with van der Waals surface area (Å²) >= 11 is 2.78. The van der Waals surface area contributed by atoms with Crippen LogP contribution < -0.4 is 5.32 Å². The van der Waals surface area contributed by atoms with Crippen molar-refractivity contribution in [3.63, 3.8) is 0 Å². The number of nitro benzene ring substituents is 1. The van der Waals surface area contributed by atoms with E-state index in [4.69, 9.17) is 0 Å². The van der Waals surface area contributed by atoms with Gasteiger partial charge in [-0.1, -0.05) is 17.8 Å². The number of thioether (sulfide) groups is 1. The van der Waals surface area contributed by atoms with Gasteiger partial charge >= 0.3 is 0 Å². The van der Waals surface area contributed by atoms with E-state index in [9.17, 15) is 14.9 Å². The number of thiophene rings is 1. The van der Waals surface area contributed by atoms with Crippen LogP contribution >= 0.6 is 23.1 Å². The van der Waals surface area contributed by atoms with Gasteiger partial charge in [0.25, 0.3) is 5.69 Å². The van der Waals surface area contributed by atoms with E-state index in [2.05, 4.69) is 20.5 Å². The van der Waals surface area contributed by atoms with Crippen molar-refractivity contribution in [1.29, 1.82) is 0 Å². The number of nitro groups is 1. The molecule has 0 spiro atoms. The molecule has 128 valence electrons. The predicted molar refractivity (Wildman–Crippen MR) is 96.7 cm³/mol. The number of nitrogens with one attached hydrogen (secondary N) is 2. The molecule has 0 unspecified atom stereocenters. The number of carbonyl (C=O) groups is 1. The van der Waals surface area contributed by atoms with Crippen molar-refractivity contribution in [3.05, 3.63) is 51.9 Å². The molecule has 1 amide bonds. The van der Waals surface area contributed by atoms with Gasteiger partial charge in [0, 0.05) is 17.8 Å². The van der Waals surface area contributed by atoms with Crippen molar-refractivity contribution >= 4 is 40.4 Å².